The first-order valence-corrected chi connectivity index (χ1v) is 9.87. The highest BCUT2D eigenvalue weighted by molar-refractivity contribution is 5.87. The minimum atomic E-state index is -0.506. The molecule has 0 bridgehead atoms. The van der Waals surface area contributed by atoms with Gasteiger partial charge in [-0.1, -0.05) is 0 Å². The molecule has 3 atom stereocenters. The fraction of sp³-hybridized carbons (Fsp3) is 0.400. The molecule has 156 valence electrons. The van der Waals surface area contributed by atoms with Crippen molar-refractivity contribution in [2.45, 2.75) is 25.7 Å². The van der Waals surface area contributed by atoms with Gasteiger partial charge in [-0.3, -0.25) is 19.5 Å². The molecule has 1 fully saturated rings. The molecule has 10 nitrogen and oxygen atoms in total. The Labute approximate surface area is 171 Å². The number of aryl methyl sites for hydroxylation is 2. The number of fused-ring (bicyclic) bond motifs is 2. The summed E-state index contributed by atoms with van der Waals surface area (Å²) in [6, 6.07) is 3.63. The van der Waals surface area contributed by atoms with E-state index in [0.717, 1.165) is 10.9 Å². The molecule has 0 aliphatic carbocycles. The zero-order valence-corrected chi connectivity index (χ0v) is 17.0. The first-order chi connectivity index (χ1) is 14.4. The lowest BCUT2D eigenvalue weighted by molar-refractivity contribution is 0.125. The summed E-state index contributed by atoms with van der Waals surface area (Å²) in [7, 11) is 3.62. The molecule has 1 aliphatic heterocycles. The molecule has 10 heteroatoms. The van der Waals surface area contributed by atoms with Crippen LogP contribution in [0.3, 0.4) is 0 Å². The predicted octanol–water partition coefficient (Wildman–Crippen LogP) is 0.905. The third-order valence-electron chi connectivity index (χ3n) is 5.59. The maximum absolute atomic E-state index is 12.5. The van der Waals surface area contributed by atoms with Gasteiger partial charge in [0, 0.05) is 39.0 Å². The van der Waals surface area contributed by atoms with Crippen LogP contribution in [0.1, 0.15) is 13.3 Å². The van der Waals surface area contributed by atoms with Crippen LogP contribution in [0.25, 0.3) is 33.2 Å². The van der Waals surface area contributed by atoms with Gasteiger partial charge in [-0.2, -0.15) is 10.2 Å². The van der Waals surface area contributed by atoms with E-state index < -0.39 is 6.23 Å². The van der Waals surface area contributed by atoms with E-state index >= 15 is 0 Å². The van der Waals surface area contributed by atoms with Crippen molar-refractivity contribution in [3.8, 4) is 17.3 Å². The summed E-state index contributed by atoms with van der Waals surface area (Å²) in [6.45, 7) is 2.66. The first kappa shape index (κ1) is 18.8. The SMILES string of the molecule is C[C@@H](Oc1nc(-c2cc3nn(C)cc3c(=O)[nH]2)cc2nn(C)cc12)[C@H]1CNC(O)C1. The number of hydrogen-bond acceptors (Lipinski definition) is 7. The molecule has 5 heterocycles. The van der Waals surface area contributed by atoms with Crippen LogP contribution in [-0.2, 0) is 14.1 Å². The van der Waals surface area contributed by atoms with Crippen molar-refractivity contribution in [3.05, 3.63) is 34.9 Å². The summed E-state index contributed by atoms with van der Waals surface area (Å²) in [5, 5.41) is 23.0. The zero-order chi connectivity index (χ0) is 21.0. The van der Waals surface area contributed by atoms with Crippen LogP contribution < -0.4 is 15.6 Å². The number of ether oxygens (including phenoxy) is 1. The van der Waals surface area contributed by atoms with Crippen LogP contribution in [0.4, 0.5) is 0 Å². The van der Waals surface area contributed by atoms with Crippen molar-refractivity contribution < 1.29 is 9.84 Å². The van der Waals surface area contributed by atoms with Gasteiger partial charge in [0.25, 0.3) is 5.56 Å². The van der Waals surface area contributed by atoms with E-state index in [-0.39, 0.29) is 17.6 Å². The maximum atomic E-state index is 12.5. The first-order valence-electron chi connectivity index (χ1n) is 9.87. The molecular weight excluding hydrogens is 386 g/mol. The summed E-state index contributed by atoms with van der Waals surface area (Å²) in [6.07, 6.45) is 3.52. The minimum absolute atomic E-state index is 0.155. The van der Waals surface area contributed by atoms with Crippen molar-refractivity contribution in [2.75, 3.05) is 6.54 Å². The van der Waals surface area contributed by atoms with E-state index in [1.165, 1.54) is 0 Å². The van der Waals surface area contributed by atoms with E-state index in [9.17, 15) is 9.90 Å². The average Bonchev–Trinajstić information content (AvgIpc) is 3.38. The molecule has 0 radical (unpaired) electrons. The Kier molecular flexibility index (Phi) is 4.33. The highest BCUT2D eigenvalue weighted by Gasteiger charge is 2.29. The molecule has 4 aromatic heterocycles. The minimum Gasteiger partial charge on any atom is -0.474 e. The quantitative estimate of drug-likeness (QED) is 0.458. The second-order valence-corrected chi connectivity index (χ2v) is 7.90. The summed E-state index contributed by atoms with van der Waals surface area (Å²) >= 11 is 0. The van der Waals surface area contributed by atoms with Gasteiger partial charge in [0.05, 0.1) is 33.2 Å². The third kappa shape index (κ3) is 3.23. The number of aromatic amines is 1. The number of pyridine rings is 2. The number of aliphatic hydroxyl groups excluding tert-OH is 1. The Morgan fingerprint density at radius 2 is 1.87 bits per heavy atom. The monoisotopic (exact) mass is 409 g/mol. The second kappa shape index (κ2) is 6.92. The topological polar surface area (TPSA) is 123 Å². The highest BCUT2D eigenvalue weighted by Crippen LogP contribution is 2.30. The lowest BCUT2D eigenvalue weighted by Crippen LogP contribution is -2.26. The number of aromatic nitrogens is 6. The Morgan fingerprint density at radius 1 is 1.17 bits per heavy atom. The van der Waals surface area contributed by atoms with Gasteiger partial charge in [-0.25, -0.2) is 4.98 Å². The molecule has 5 rings (SSSR count). The van der Waals surface area contributed by atoms with Crippen molar-refractivity contribution in [3.63, 3.8) is 0 Å². The van der Waals surface area contributed by atoms with Crippen molar-refractivity contribution >= 4 is 21.8 Å². The highest BCUT2D eigenvalue weighted by atomic mass is 16.5. The third-order valence-corrected chi connectivity index (χ3v) is 5.59. The standard InChI is InChI=1S/C20H23N7O3/c1-10(11-4-18(28)21-7-11)30-20-13-9-27(3)25-15(13)6-17(23-20)16-5-14-12(19(29)22-16)8-26(2)24-14/h5-6,8-11,18,21,28H,4,7H2,1-3H3,(H,22,29)/t10-,11-,18?/m1/s1. The van der Waals surface area contributed by atoms with E-state index in [2.05, 4.69) is 20.5 Å². The van der Waals surface area contributed by atoms with Crippen LogP contribution in [-0.4, -0.2) is 53.5 Å². The van der Waals surface area contributed by atoms with E-state index in [1.54, 1.807) is 28.7 Å². The lowest BCUT2D eigenvalue weighted by Gasteiger charge is -2.20. The Balaban J connectivity index is 1.59. The summed E-state index contributed by atoms with van der Waals surface area (Å²) in [5.74, 6) is 0.619. The van der Waals surface area contributed by atoms with E-state index in [4.69, 9.17) is 9.72 Å². The number of aliphatic hydroxyl groups is 1. The fourth-order valence-corrected chi connectivity index (χ4v) is 3.99. The van der Waals surface area contributed by atoms with Crippen molar-refractivity contribution in [1.29, 1.82) is 0 Å². The predicted molar refractivity (Wildman–Crippen MR) is 111 cm³/mol. The lowest BCUT2D eigenvalue weighted by atomic mass is 10.0. The number of hydrogen-bond donors (Lipinski definition) is 3. The average molecular weight is 409 g/mol. The van der Waals surface area contributed by atoms with Crippen LogP contribution >= 0.6 is 0 Å². The number of H-pyrrole nitrogens is 1. The maximum Gasteiger partial charge on any atom is 0.259 e. The van der Waals surface area contributed by atoms with Crippen LogP contribution in [0, 0.1) is 5.92 Å². The van der Waals surface area contributed by atoms with Crippen LogP contribution in [0.5, 0.6) is 5.88 Å². The van der Waals surface area contributed by atoms with Gasteiger partial charge in [-0.15, -0.1) is 0 Å². The number of nitrogens with zero attached hydrogens (tertiary/aromatic N) is 5. The Morgan fingerprint density at radius 3 is 2.57 bits per heavy atom. The van der Waals surface area contributed by atoms with Gasteiger partial charge in [-0.05, 0) is 25.5 Å². The van der Waals surface area contributed by atoms with Gasteiger partial charge >= 0.3 is 0 Å². The molecule has 0 spiro atoms. The smallest absolute Gasteiger partial charge is 0.259 e. The summed E-state index contributed by atoms with van der Waals surface area (Å²) in [4.78, 5) is 20.1. The van der Waals surface area contributed by atoms with Crippen LogP contribution in [0.15, 0.2) is 29.3 Å². The van der Waals surface area contributed by atoms with Crippen molar-refractivity contribution in [1.82, 2.24) is 34.8 Å². The van der Waals surface area contributed by atoms with Crippen molar-refractivity contribution in [2.24, 2.45) is 20.0 Å². The van der Waals surface area contributed by atoms with E-state index in [0.29, 0.717) is 41.1 Å². The Hall–Kier alpha value is -3.24. The fourth-order valence-electron chi connectivity index (χ4n) is 3.99. The van der Waals surface area contributed by atoms with Gasteiger partial charge in [0.15, 0.2) is 0 Å². The van der Waals surface area contributed by atoms with Gasteiger partial charge < -0.3 is 14.8 Å². The zero-order valence-electron chi connectivity index (χ0n) is 17.0. The normalized spacial score (nSPS) is 20.3. The number of rotatable bonds is 4. The van der Waals surface area contributed by atoms with Crippen LogP contribution in [0.2, 0.25) is 0 Å². The summed E-state index contributed by atoms with van der Waals surface area (Å²) in [5.41, 5.74) is 2.20. The summed E-state index contributed by atoms with van der Waals surface area (Å²) < 4.78 is 9.55. The van der Waals surface area contributed by atoms with Gasteiger partial charge in [0.1, 0.15) is 12.3 Å². The van der Waals surface area contributed by atoms with E-state index in [1.807, 2.05) is 26.2 Å². The Bertz CT molecular complexity index is 1310. The molecule has 0 saturated carbocycles. The van der Waals surface area contributed by atoms with Gasteiger partial charge in [0.2, 0.25) is 5.88 Å². The molecule has 4 aromatic rings. The number of nitrogens with one attached hydrogen (secondary N) is 2. The molecule has 1 unspecified atom stereocenters. The molecular formula is C20H23N7O3. The molecule has 1 saturated heterocycles. The molecule has 1 aliphatic rings. The molecule has 0 amide bonds. The second-order valence-electron chi connectivity index (χ2n) is 7.90. The molecule has 30 heavy (non-hydrogen) atoms. The largest absolute Gasteiger partial charge is 0.474 e. The molecule has 0 aromatic carbocycles. The molecule has 3 N–H and O–H groups in total.